The summed E-state index contributed by atoms with van der Waals surface area (Å²) < 4.78 is 7.22. The van der Waals surface area contributed by atoms with Gasteiger partial charge in [0.15, 0.2) is 0 Å². The van der Waals surface area contributed by atoms with Crippen LogP contribution in [0.5, 0.6) is 5.75 Å². The monoisotopic (exact) mass is 287 g/mol. The quantitative estimate of drug-likeness (QED) is 0.734. The van der Waals surface area contributed by atoms with Gasteiger partial charge in [0.1, 0.15) is 11.6 Å². The maximum atomic E-state index is 6.26. The van der Waals surface area contributed by atoms with Gasteiger partial charge in [-0.1, -0.05) is 11.6 Å². The fourth-order valence-electron chi connectivity index (χ4n) is 2.26. The highest BCUT2D eigenvalue weighted by Gasteiger charge is 2.13. The molecule has 0 unspecified atom stereocenters. The summed E-state index contributed by atoms with van der Waals surface area (Å²) in [5, 5.41) is 0.629. The molecule has 102 valence electrons. The zero-order chi connectivity index (χ0) is 14.3. The van der Waals surface area contributed by atoms with E-state index < -0.39 is 0 Å². The molecule has 0 saturated carbocycles. The smallest absolute Gasteiger partial charge is 0.142 e. The molecule has 0 aliphatic rings. The van der Waals surface area contributed by atoms with E-state index in [2.05, 4.69) is 4.98 Å². The Bertz CT molecular complexity index is 795. The Morgan fingerprint density at radius 1 is 1.20 bits per heavy atom. The molecule has 1 aromatic heterocycles. The van der Waals surface area contributed by atoms with Crippen molar-refractivity contribution >= 4 is 28.3 Å². The third-order valence-electron chi connectivity index (χ3n) is 3.32. The van der Waals surface area contributed by atoms with Crippen molar-refractivity contribution in [2.24, 2.45) is 7.05 Å². The van der Waals surface area contributed by atoms with Gasteiger partial charge in [-0.05, 0) is 30.3 Å². The standard InChI is InChI=1S/C15H14ClN3O/c1-19-14-6-4-10(20-2)8-13(14)18-15(19)11-7-9(17)3-5-12(11)16/h3-8H,17H2,1-2H3. The van der Waals surface area contributed by atoms with E-state index in [1.54, 1.807) is 19.2 Å². The first-order valence-corrected chi connectivity index (χ1v) is 6.54. The minimum absolute atomic E-state index is 0.629. The highest BCUT2D eigenvalue weighted by atomic mass is 35.5. The van der Waals surface area contributed by atoms with Crippen LogP contribution in [0.1, 0.15) is 0 Å². The van der Waals surface area contributed by atoms with Crippen molar-refractivity contribution in [3.63, 3.8) is 0 Å². The molecular weight excluding hydrogens is 274 g/mol. The number of hydrogen-bond donors (Lipinski definition) is 1. The molecule has 0 bridgehead atoms. The summed E-state index contributed by atoms with van der Waals surface area (Å²) in [5.74, 6) is 1.56. The minimum Gasteiger partial charge on any atom is -0.497 e. The zero-order valence-corrected chi connectivity index (χ0v) is 12.0. The number of nitrogens with zero attached hydrogens (tertiary/aromatic N) is 2. The molecule has 4 nitrogen and oxygen atoms in total. The van der Waals surface area contributed by atoms with E-state index in [1.165, 1.54) is 0 Å². The van der Waals surface area contributed by atoms with E-state index in [4.69, 9.17) is 22.1 Å². The predicted molar refractivity (Wildman–Crippen MR) is 82.1 cm³/mol. The van der Waals surface area contributed by atoms with Gasteiger partial charge in [0.25, 0.3) is 0 Å². The summed E-state index contributed by atoms with van der Waals surface area (Å²) in [6.45, 7) is 0. The van der Waals surface area contributed by atoms with Crippen molar-refractivity contribution in [1.29, 1.82) is 0 Å². The Morgan fingerprint density at radius 2 is 2.00 bits per heavy atom. The molecule has 0 amide bonds. The van der Waals surface area contributed by atoms with Crippen molar-refractivity contribution in [2.75, 3.05) is 12.8 Å². The van der Waals surface area contributed by atoms with Crippen LogP contribution in [-0.2, 0) is 7.05 Å². The van der Waals surface area contributed by atoms with E-state index >= 15 is 0 Å². The Labute approximate surface area is 121 Å². The summed E-state index contributed by atoms with van der Waals surface area (Å²) in [5.41, 5.74) is 9.20. The molecule has 5 heteroatoms. The van der Waals surface area contributed by atoms with Gasteiger partial charge in [0.2, 0.25) is 0 Å². The van der Waals surface area contributed by atoms with Gasteiger partial charge in [-0.25, -0.2) is 4.98 Å². The van der Waals surface area contributed by atoms with Crippen LogP contribution >= 0.6 is 11.6 Å². The zero-order valence-electron chi connectivity index (χ0n) is 11.2. The van der Waals surface area contributed by atoms with Gasteiger partial charge in [-0.3, -0.25) is 0 Å². The van der Waals surface area contributed by atoms with Gasteiger partial charge < -0.3 is 15.0 Å². The molecule has 0 aliphatic heterocycles. The van der Waals surface area contributed by atoms with Crippen LogP contribution < -0.4 is 10.5 Å². The Hall–Kier alpha value is -2.20. The van der Waals surface area contributed by atoms with E-state index in [1.807, 2.05) is 35.9 Å². The van der Waals surface area contributed by atoms with E-state index in [0.717, 1.165) is 28.2 Å². The number of hydrogen-bond acceptors (Lipinski definition) is 3. The van der Waals surface area contributed by atoms with Crippen molar-refractivity contribution in [3.05, 3.63) is 41.4 Å². The summed E-state index contributed by atoms with van der Waals surface area (Å²) in [6.07, 6.45) is 0. The Kier molecular flexibility index (Phi) is 3.03. The molecule has 3 rings (SSSR count). The lowest BCUT2D eigenvalue weighted by atomic mass is 10.2. The number of rotatable bonds is 2. The highest BCUT2D eigenvalue weighted by Crippen LogP contribution is 2.32. The van der Waals surface area contributed by atoms with Gasteiger partial charge in [-0.2, -0.15) is 0 Å². The van der Waals surface area contributed by atoms with Crippen LogP contribution in [0.3, 0.4) is 0 Å². The number of aromatic nitrogens is 2. The van der Waals surface area contributed by atoms with E-state index in [9.17, 15) is 0 Å². The number of anilines is 1. The molecule has 0 radical (unpaired) electrons. The Morgan fingerprint density at radius 3 is 2.75 bits per heavy atom. The molecule has 0 aliphatic carbocycles. The number of benzene rings is 2. The van der Waals surface area contributed by atoms with Gasteiger partial charge in [0, 0.05) is 24.4 Å². The summed E-state index contributed by atoms with van der Waals surface area (Å²) >= 11 is 6.26. The molecular formula is C15H14ClN3O. The van der Waals surface area contributed by atoms with Crippen molar-refractivity contribution in [2.45, 2.75) is 0 Å². The maximum Gasteiger partial charge on any atom is 0.142 e. The number of methoxy groups -OCH3 is 1. The molecule has 20 heavy (non-hydrogen) atoms. The molecule has 2 N–H and O–H groups in total. The van der Waals surface area contributed by atoms with E-state index in [0.29, 0.717) is 10.7 Å². The molecule has 0 atom stereocenters. The molecule has 0 spiro atoms. The topological polar surface area (TPSA) is 53.1 Å². The van der Waals surface area contributed by atoms with Gasteiger partial charge in [0.05, 0.1) is 23.2 Å². The first kappa shape index (κ1) is 12.8. The first-order chi connectivity index (χ1) is 9.60. The lowest BCUT2D eigenvalue weighted by molar-refractivity contribution is 0.415. The number of imidazole rings is 1. The van der Waals surface area contributed by atoms with Crippen LogP contribution in [0.15, 0.2) is 36.4 Å². The maximum absolute atomic E-state index is 6.26. The fourth-order valence-corrected chi connectivity index (χ4v) is 2.46. The highest BCUT2D eigenvalue weighted by molar-refractivity contribution is 6.33. The first-order valence-electron chi connectivity index (χ1n) is 6.16. The van der Waals surface area contributed by atoms with Gasteiger partial charge in [-0.15, -0.1) is 0 Å². The fraction of sp³-hybridized carbons (Fsp3) is 0.133. The van der Waals surface area contributed by atoms with Crippen LogP contribution in [0.4, 0.5) is 5.69 Å². The molecule has 0 fully saturated rings. The number of halogens is 1. The summed E-state index contributed by atoms with van der Waals surface area (Å²) in [6, 6.07) is 11.2. The van der Waals surface area contributed by atoms with Crippen LogP contribution in [-0.4, -0.2) is 16.7 Å². The lowest BCUT2D eigenvalue weighted by Crippen LogP contribution is -1.94. The molecule has 0 saturated heterocycles. The third-order valence-corrected chi connectivity index (χ3v) is 3.65. The Balaban J connectivity index is 2.26. The minimum atomic E-state index is 0.629. The van der Waals surface area contributed by atoms with Crippen molar-refractivity contribution in [1.82, 2.24) is 9.55 Å². The second-order valence-electron chi connectivity index (χ2n) is 4.59. The molecule has 2 aromatic carbocycles. The SMILES string of the molecule is COc1ccc2c(c1)nc(-c1cc(N)ccc1Cl)n2C. The predicted octanol–water partition coefficient (Wildman–Crippen LogP) is 3.48. The molecule has 1 heterocycles. The lowest BCUT2D eigenvalue weighted by Gasteiger charge is -2.06. The number of nitrogen functional groups attached to an aromatic ring is 1. The summed E-state index contributed by atoms with van der Waals surface area (Å²) in [7, 11) is 3.59. The molecule has 3 aromatic rings. The van der Waals surface area contributed by atoms with Crippen LogP contribution in [0.25, 0.3) is 22.4 Å². The number of nitrogens with two attached hydrogens (primary N) is 1. The number of ether oxygens (including phenoxy) is 1. The second kappa shape index (κ2) is 4.72. The van der Waals surface area contributed by atoms with E-state index in [-0.39, 0.29) is 0 Å². The number of aryl methyl sites for hydroxylation is 1. The largest absolute Gasteiger partial charge is 0.497 e. The normalized spacial score (nSPS) is 10.9. The second-order valence-corrected chi connectivity index (χ2v) is 5.00. The average molecular weight is 288 g/mol. The number of fused-ring (bicyclic) bond motifs is 1. The third kappa shape index (κ3) is 1.98. The van der Waals surface area contributed by atoms with Crippen LogP contribution in [0, 0.1) is 0 Å². The van der Waals surface area contributed by atoms with Gasteiger partial charge >= 0.3 is 0 Å². The van der Waals surface area contributed by atoms with Crippen LogP contribution in [0.2, 0.25) is 5.02 Å². The summed E-state index contributed by atoms with van der Waals surface area (Å²) in [4.78, 5) is 4.64. The van der Waals surface area contributed by atoms with Crippen molar-refractivity contribution < 1.29 is 4.74 Å². The average Bonchev–Trinajstić information content (AvgIpc) is 2.78. The van der Waals surface area contributed by atoms with Crippen molar-refractivity contribution in [3.8, 4) is 17.1 Å².